The van der Waals surface area contributed by atoms with Gasteiger partial charge in [0.05, 0.1) is 18.8 Å². The monoisotopic (exact) mass is 757 g/mol. The number of nitrogens with zero attached hydrogens (tertiary/aromatic N) is 3. The van der Waals surface area contributed by atoms with Gasteiger partial charge in [-0.25, -0.2) is 0 Å². The largest absolute Gasteiger partial charge is 0.507 e. The summed E-state index contributed by atoms with van der Waals surface area (Å²) in [6, 6.07) is 12.4. The summed E-state index contributed by atoms with van der Waals surface area (Å²) in [5, 5.41) is 25.8. The minimum atomic E-state index is -0.730. The first kappa shape index (κ1) is 41.4. The predicted octanol–water partition coefficient (Wildman–Crippen LogP) is 2.67. The smallest absolute Gasteiger partial charge is 0.255 e. The number of nitrogens with one attached hydrogen (secondary N) is 3. The van der Waals surface area contributed by atoms with Crippen LogP contribution in [0.1, 0.15) is 59.7 Å². The number of aromatic nitrogens is 2. The molecule has 4 unspecified atom stereocenters. The molecule has 4 atom stereocenters. The van der Waals surface area contributed by atoms with Gasteiger partial charge in [-0.2, -0.15) is 0 Å². The van der Waals surface area contributed by atoms with E-state index in [1.807, 2.05) is 13.0 Å². The Morgan fingerprint density at radius 1 is 1.15 bits per heavy atom. The van der Waals surface area contributed by atoms with Gasteiger partial charge in [-0.1, -0.05) is 18.2 Å². The molecule has 1 saturated heterocycles. The summed E-state index contributed by atoms with van der Waals surface area (Å²) in [7, 11) is 1.48. The second-order valence-electron chi connectivity index (χ2n) is 13.0. The number of nitrogen functional groups attached to an aromatic ring is 1. The zero-order valence-corrected chi connectivity index (χ0v) is 30.9. The number of imide groups is 1. The summed E-state index contributed by atoms with van der Waals surface area (Å²) in [6.45, 7) is 7.59. The second-order valence-corrected chi connectivity index (χ2v) is 13.0. The fraction of sp³-hybridized carbons (Fsp3) is 0.385. The molecule has 3 aromatic rings. The van der Waals surface area contributed by atoms with Crippen LogP contribution in [0.2, 0.25) is 0 Å². The highest BCUT2D eigenvalue weighted by atomic mass is 16.5. The lowest BCUT2D eigenvalue weighted by atomic mass is 10.0. The quantitative estimate of drug-likeness (QED) is 0.0546. The van der Waals surface area contributed by atoms with Gasteiger partial charge >= 0.3 is 0 Å². The number of para-hydroxylation sites is 1. The first-order valence-corrected chi connectivity index (χ1v) is 18.0. The lowest BCUT2D eigenvalue weighted by Crippen LogP contribution is -2.53. The number of piperidine rings is 1. The summed E-state index contributed by atoms with van der Waals surface area (Å²) in [5.41, 5.74) is 7.29. The van der Waals surface area contributed by atoms with Gasteiger partial charge in [0.1, 0.15) is 23.2 Å². The number of carbonyl (C=O) groups excluding carboxylic acids is 6. The van der Waals surface area contributed by atoms with E-state index in [9.17, 15) is 33.9 Å². The Bertz CT molecular complexity index is 1870. The molecule has 2 aliphatic rings. The van der Waals surface area contributed by atoms with E-state index < -0.39 is 17.9 Å². The van der Waals surface area contributed by atoms with Gasteiger partial charge in [0.15, 0.2) is 17.9 Å². The molecule has 292 valence electrons. The predicted molar refractivity (Wildman–Crippen MR) is 202 cm³/mol. The van der Waals surface area contributed by atoms with E-state index in [0.29, 0.717) is 61.8 Å². The van der Waals surface area contributed by atoms with Crippen molar-refractivity contribution in [3.05, 3.63) is 72.3 Å². The fourth-order valence-corrected chi connectivity index (χ4v) is 5.98. The molecule has 1 saturated carbocycles. The Kier molecular flexibility index (Phi) is 15.2. The average molecular weight is 758 g/mol. The van der Waals surface area contributed by atoms with Crippen molar-refractivity contribution < 1.29 is 43.3 Å². The number of amides is 5. The van der Waals surface area contributed by atoms with Crippen molar-refractivity contribution in [1.82, 2.24) is 31.0 Å². The lowest BCUT2D eigenvalue weighted by Gasteiger charge is -2.30. The summed E-state index contributed by atoms with van der Waals surface area (Å²) in [5.74, 6) is 0.248. The molecule has 55 heavy (non-hydrogen) atoms. The number of aldehydes is 1. The zero-order chi connectivity index (χ0) is 39.9. The van der Waals surface area contributed by atoms with Gasteiger partial charge in [-0.15, -0.1) is 16.8 Å². The molecule has 0 radical (unpaired) electrons. The van der Waals surface area contributed by atoms with Gasteiger partial charge in [0.25, 0.3) is 5.91 Å². The summed E-state index contributed by atoms with van der Waals surface area (Å²) < 4.78 is 11.1. The molecule has 2 aromatic carbocycles. The highest BCUT2D eigenvalue weighted by Crippen LogP contribution is 2.38. The summed E-state index contributed by atoms with van der Waals surface area (Å²) in [4.78, 5) is 70.7. The van der Waals surface area contributed by atoms with Crippen LogP contribution >= 0.6 is 0 Å². The summed E-state index contributed by atoms with van der Waals surface area (Å²) in [6.07, 6.45) is 5.84. The van der Waals surface area contributed by atoms with Gasteiger partial charge in [0.2, 0.25) is 24.1 Å². The number of carbonyl (C=O) groups is 6. The van der Waals surface area contributed by atoms with Crippen LogP contribution in [0.4, 0.5) is 5.82 Å². The summed E-state index contributed by atoms with van der Waals surface area (Å²) >= 11 is 0. The maximum Gasteiger partial charge on any atom is 0.255 e. The number of phenolic OH excluding ortho intramolecular Hbond substituents is 1. The topological polar surface area (TPSA) is 232 Å². The normalized spacial score (nSPS) is 17.6. The van der Waals surface area contributed by atoms with E-state index in [1.54, 1.807) is 36.4 Å². The van der Waals surface area contributed by atoms with E-state index in [4.69, 9.17) is 15.2 Å². The van der Waals surface area contributed by atoms with Gasteiger partial charge in [0, 0.05) is 49.7 Å². The maximum atomic E-state index is 12.6. The molecule has 6 N–H and O–H groups in total. The standard InChI is InChI=1S/C23H29N5O4.C16H18N2O5/c1-2-15(12-26-23(31)18-10-16(18)13-25-14-29)6-5-9-32-21-11-19(27-28-22(21)24)17-7-3-4-8-20(17)30;1-3-23-11-4-5-12(10(8-11)9-19)16(22)18(2)13-6-7-14(20)17-15(13)21/h2-4,7-8,11,14-16,18,30H,1,5-6,9-10,12-13H2,(H2,24,28)(H,25,29)(H,26,31);4-5,8-9,13H,3,6-7H2,1-2H3,(H,17,20,21). The molecule has 5 amide bonds. The van der Waals surface area contributed by atoms with Crippen LogP contribution in [0, 0.1) is 17.8 Å². The molecular weight excluding hydrogens is 710 g/mol. The van der Waals surface area contributed by atoms with Crippen molar-refractivity contribution in [2.45, 2.75) is 45.1 Å². The molecule has 2 heterocycles. The third-order valence-electron chi connectivity index (χ3n) is 9.23. The fourth-order valence-electron chi connectivity index (χ4n) is 5.98. The molecule has 5 rings (SSSR count). The molecular formula is C39H47N7O9. The molecule has 0 bridgehead atoms. The third kappa shape index (κ3) is 11.6. The molecule has 1 aromatic heterocycles. The molecule has 1 aliphatic heterocycles. The van der Waals surface area contributed by atoms with Crippen LogP contribution < -0.4 is 31.2 Å². The van der Waals surface area contributed by atoms with Crippen molar-refractivity contribution in [3.63, 3.8) is 0 Å². The number of phenols is 1. The Morgan fingerprint density at radius 3 is 2.62 bits per heavy atom. The van der Waals surface area contributed by atoms with Crippen molar-refractivity contribution in [3.8, 4) is 28.5 Å². The van der Waals surface area contributed by atoms with E-state index in [-0.39, 0.29) is 65.1 Å². The number of benzene rings is 2. The first-order valence-electron chi connectivity index (χ1n) is 18.0. The van der Waals surface area contributed by atoms with Gasteiger partial charge in [-0.3, -0.25) is 34.1 Å². The van der Waals surface area contributed by atoms with E-state index in [2.05, 4.69) is 32.7 Å². The number of rotatable bonds is 18. The van der Waals surface area contributed by atoms with Crippen molar-refractivity contribution in [1.29, 1.82) is 0 Å². The van der Waals surface area contributed by atoms with Crippen LogP contribution in [0.5, 0.6) is 17.2 Å². The van der Waals surface area contributed by atoms with Crippen molar-refractivity contribution in [2.75, 3.05) is 39.1 Å². The average Bonchev–Trinajstić information content (AvgIpc) is 3.97. The van der Waals surface area contributed by atoms with Crippen LogP contribution in [-0.4, -0.2) is 95.9 Å². The van der Waals surface area contributed by atoms with Crippen LogP contribution in [0.15, 0.2) is 61.2 Å². The highest BCUT2D eigenvalue weighted by Gasteiger charge is 2.42. The number of anilines is 1. The Balaban J connectivity index is 0.000000258. The molecule has 1 aliphatic carbocycles. The van der Waals surface area contributed by atoms with Gasteiger partial charge < -0.3 is 35.8 Å². The maximum absolute atomic E-state index is 12.6. The first-order chi connectivity index (χ1) is 26.5. The Morgan fingerprint density at radius 2 is 1.93 bits per heavy atom. The molecule has 0 spiro atoms. The van der Waals surface area contributed by atoms with Crippen LogP contribution in [0.25, 0.3) is 11.3 Å². The van der Waals surface area contributed by atoms with Crippen molar-refractivity contribution >= 4 is 42.1 Å². The van der Waals surface area contributed by atoms with Crippen molar-refractivity contribution in [2.24, 2.45) is 17.8 Å². The minimum Gasteiger partial charge on any atom is -0.507 e. The third-order valence-corrected chi connectivity index (χ3v) is 9.23. The molecule has 16 heteroatoms. The van der Waals surface area contributed by atoms with Crippen LogP contribution in [0.3, 0.4) is 0 Å². The SMILES string of the molecule is C=CC(CCCOc1cc(-c2ccccc2O)nnc1N)CNC(=O)C1CC1CNC=O.CCOc1ccc(C(=O)N(C)C2CCC(=O)NC2=O)c(C=O)c1. The number of nitrogens with two attached hydrogens (primary N) is 1. The number of aromatic hydroxyl groups is 1. The Labute approximate surface area is 318 Å². The van der Waals surface area contributed by atoms with E-state index in [0.717, 1.165) is 19.3 Å². The molecule has 16 nitrogen and oxygen atoms in total. The zero-order valence-electron chi connectivity index (χ0n) is 30.9. The lowest BCUT2D eigenvalue weighted by molar-refractivity contribution is -0.136. The number of ether oxygens (including phenoxy) is 2. The van der Waals surface area contributed by atoms with Crippen LogP contribution in [-0.2, 0) is 19.2 Å². The Hall–Kier alpha value is -6.32. The number of hydrogen-bond acceptors (Lipinski definition) is 12. The second kappa shape index (κ2) is 20.2. The van der Waals surface area contributed by atoms with E-state index in [1.165, 1.54) is 24.1 Å². The minimum absolute atomic E-state index is 0.0170. The highest BCUT2D eigenvalue weighted by molar-refractivity contribution is 6.06. The molecule has 2 fully saturated rings. The van der Waals surface area contributed by atoms with E-state index >= 15 is 0 Å². The number of likely N-dealkylation sites (N-methyl/N-ethyl adjacent to an activating group) is 1. The number of hydrogen-bond donors (Lipinski definition) is 5. The van der Waals surface area contributed by atoms with Gasteiger partial charge in [-0.05, 0) is 74.8 Å².